The van der Waals surface area contributed by atoms with Crippen LogP contribution in [0.3, 0.4) is 0 Å². The van der Waals surface area contributed by atoms with E-state index in [4.69, 9.17) is 10.3 Å². The first-order valence-corrected chi connectivity index (χ1v) is 8.18. The number of rotatable bonds is 7. The summed E-state index contributed by atoms with van der Waals surface area (Å²) in [6.07, 6.45) is 0. The molecular formula is C18H16FN5O4. The van der Waals surface area contributed by atoms with Crippen molar-refractivity contribution in [3.63, 3.8) is 0 Å². The Morgan fingerprint density at radius 1 is 1.18 bits per heavy atom. The van der Waals surface area contributed by atoms with Crippen LogP contribution in [0.25, 0.3) is 11.3 Å². The Hall–Kier alpha value is -3.82. The van der Waals surface area contributed by atoms with Crippen LogP contribution in [0, 0.1) is 12.7 Å². The largest absolute Gasteiger partial charge is 0.451 e. The SMILES string of the molecule is Cc1onc(-c2ccc(F)cc2)c1CNc1ccc(C(=O)OCC(N)=O)nn1. The molecule has 28 heavy (non-hydrogen) atoms. The predicted molar refractivity (Wildman–Crippen MR) is 95.5 cm³/mol. The van der Waals surface area contributed by atoms with Gasteiger partial charge in [0.2, 0.25) is 0 Å². The first kappa shape index (κ1) is 19.0. The minimum atomic E-state index is -0.800. The quantitative estimate of drug-likeness (QED) is 0.589. The van der Waals surface area contributed by atoms with Crippen LogP contribution in [0.15, 0.2) is 40.9 Å². The number of primary amides is 1. The lowest BCUT2D eigenvalue weighted by Gasteiger charge is -2.07. The number of hydrogen-bond donors (Lipinski definition) is 2. The topological polar surface area (TPSA) is 133 Å². The summed E-state index contributed by atoms with van der Waals surface area (Å²) in [5.41, 5.74) is 6.93. The third-order valence-corrected chi connectivity index (χ3v) is 3.77. The average molecular weight is 385 g/mol. The Balaban J connectivity index is 1.68. The zero-order valence-corrected chi connectivity index (χ0v) is 14.8. The maximum atomic E-state index is 13.1. The molecule has 0 aliphatic heterocycles. The molecule has 0 aliphatic rings. The van der Waals surface area contributed by atoms with E-state index in [-0.39, 0.29) is 11.5 Å². The lowest BCUT2D eigenvalue weighted by atomic mass is 10.1. The maximum Gasteiger partial charge on any atom is 0.359 e. The normalized spacial score (nSPS) is 10.5. The molecule has 0 unspecified atom stereocenters. The molecule has 10 heteroatoms. The Morgan fingerprint density at radius 3 is 2.57 bits per heavy atom. The van der Waals surface area contributed by atoms with Crippen molar-refractivity contribution in [3.8, 4) is 11.3 Å². The Morgan fingerprint density at radius 2 is 1.93 bits per heavy atom. The lowest BCUT2D eigenvalue weighted by Crippen LogP contribution is -2.21. The summed E-state index contributed by atoms with van der Waals surface area (Å²) in [6.45, 7) is 1.56. The van der Waals surface area contributed by atoms with Crippen LogP contribution in [0.4, 0.5) is 10.2 Å². The van der Waals surface area contributed by atoms with Crippen molar-refractivity contribution in [2.24, 2.45) is 5.73 Å². The highest BCUT2D eigenvalue weighted by atomic mass is 19.1. The van der Waals surface area contributed by atoms with Crippen LogP contribution in [-0.2, 0) is 16.1 Å². The van der Waals surface area contributed by atoms with E-state index < -0.39 is 18.5 Å². The van der Waals surface area contributed by atoms with Crippen molar-refractivity contribution in [3.05, 3.63) is 59.2 Å². The highest BCUT2D eigenvalue weighted by molar-refractivity contribution is 5.89. The molecule has 3 aromatic rings. The zero-order valence-electron chi connectivity index (χ0n) is 14.8. The van der Waals surface area contributed by atoms with Crippen LogP contribution in [0.1, 0.15) is 21.8 Å². The number of nitrogens with one attached hydrogen (secondary N) is 1. The predicted octanol–water partition coefficient (Wildman–Crippen LogP) is 1.83. The summed E-state index contributed by atoms with van der Waals surface area (Å²) < 4.78 is 23.0. The Bertz CT molecular complexity index is 986. The molecule has 0 saturated carbocycles. The minimum absolute atomic E-state index is 0.0556. The van der Waals surface area contributed by atoms with E-state index in [0.29, 0.717) is 29.4 Å². The number of halogens is 1. The number of benzene rings is 1. The second-order valence-corrected chi connectivity index (χ2v) is 5.77. The van der Waals surface area contributed by atoms with Crippen molar-refractivity contribution in [2.45, 2.75) is 13.5 Å². The Labute approximate surface area is 158 Å². The van der Waals surface area contributed by atoms with Crippen LogP contribution >= 0.6 is 0 Å². The zero-order chi connectivity index (χ0) is 20.1. The number of nitrogens with two attached hydrogens (primary N) is 1. The average Bonchev–Trinajstić information content (AvgIpc) is 3.06. The Kier molecular flexibility index (Phi) is 5.58. The second kappa shape index (κ2) is 8.25. The highest BCUT2D eigenvalue weighted by Crippen LogP contribution is 2.26. The number of aromatic nitrogens is 3. The third-order valence-electron chi connectivity index (χ3n) is 3.77. The van der Waals surface area contributed by atoms with Gasteiger partial charge in [-0.25, -0.2) is 9.18 Å². The van der Waals surface area contributed by atoms with Crippen LogP contribution in [0.2, 0.25) is 0 Å². The van der Waals surface area contributed by atoms with Crippen LogP contribution < -0.4 is 11.1 Å². The van der Waals surface area contributed by atoms with Crippen LogP contribution in [-0.4, -0.2) is 33.8 Å². The first-order valence-electron chi connectivity index (χ1n) is 8.18. The molecule has 3 N–H and O–H groups in total. The number of esters is 1. The van der Waals surface area contributed by atoms with Crippen molar-refractivity contribution in [1.29, 1.82) is 0 Å². The van der Waals surface area contributed by atoms with E-state index in [9.17, 15) is 14.0 Å². The summed E-state index contributed by atoms with van der Waals surface area (Å²) in [5, 5.41) is 14.7. The van der Waals surface area contributed by atoms with Crippen molar-refractivity contribution in [2.75, 3.05) is 11.9 Å². The van der Waals surface area contributed by atoms with E-state index in [1.807, 2.05) is 0 Å². The van der Waals surface area contributed by atoms with Crippen molar-refractivity contribution in [1.82, 2.24) is 15.4 Å². The van der Waals surface area contributed by atoms with E-state index in [0.717, 1.165) is 5.56 Å². The van der Waals surface area contributed by atoms with Crippen LogP contribution in [0.5, 0.6) is 0 Å². The monoisotopic (exact) mass is 385 g/mol. The van der Waals surface area contributed by atoms with Gasteiger partial charge >= 0.3 is 5.97 Å². The second-order valence-electron chi connectivity index (χ2n) is 5.77. The van der Waals surface area contributed by atoms with Gasteiger partial charge in [-0.2, -0.15) is 0 Å². The van der Waals surface area contributed by atoms with Crippen molar-refractivity contribution >= 4 is 17.7 Å². The molecule has 0 radical (unpaired) electrons. The third kappa shape index (κ3) is 4.47. The standard InChI is InChI=1S/C18H16FN5O4/c1-10-13(17(24-28-10)11-2-4-12(19)5-3-11)8-21-16-7-6-14(22-23-16)18(26)27-9-15(20)25/h2-7H,8-9H2,1H3,(H2,20,25)(H,21,23). The molecule has 3 rings (SSSR count). The molecule has 0 bridgehead atoms. The van der Waals surface area contributed by atoms with Gasteiger partial charge in [-0.3, -0.25) is 4.79 Å². The number of carbonyl (C=O) groups is 2. The van der Waals surface area contributed by atoms with Gasteiger partial charge in [-0.1, -0.05) is 5.16 Å². The number of anilines is 1. The van der Waals surface area contributed by atoms with Crippen molar-refractivity contribution < 1.29 is 23.2 Å². The van der Waals surface area contributed by atoms with Gasteiger partial charge in [0, 0.05) is 17.7 Å². The molecule has 0 aliphatic carbocycles. The van der Waals surface area contributed by atoms with Gasteiger partial charge in [-0.15, -0.1) is 10.2 Å². The molecular weight excluding hydrogens is 369 g/mol. The number of carbonyl (C=O) groups excluding carboxylic acids is 2. The van der Waals surface area contributed by atoms with Gasteiger partial charge in [0.25, 0.3) is 5.91 Å². The molecule has 0 fully saturated rings. The fraction of sp³-hybridized carbons (Fsp3) is 0.167. The van der Waals surface area contributed by atoms with Gasteiger partial charge in [0.05, 0.1) is 0 Å². The number of nitrogens with zero attached hydrogens (tertiary/aromatic N) is 3. The molecule has 144 valence electrons. The number of hydrogen-bond acceptors (Lipinski definition) is 8. The lowest BCUT2D eigenvalue weighted by molar-refractivity contribution is -0.121. The van der Waals surface area contributed by atoms with Gasteiger partial charge < -0.3 is 20.3 Å². The summed E-state index contributed by atoms with van der Waals surface area (Å²) in [7, 11) is 0. The molecule has 1 aromatic carbocycles. The molecule has 9 nitrogen and oxygen atoms in total. The molecule has 2 aromatic heterocycles. The molecule has 0 spiro atoms. The maximum absolute atomic E-state index is 13.1. The van der Waals surface area contributed by atoms with E-state index in [1.54, 1.807) is 19.1 Å². The smallest absolute Gasteiger partial charge is 0.359 e. The molecule has 1 amide bonds. The summed E-state index contributed by atoms with van der Waals surface area (Å²) >= 11 is 0. The fourth-order valence-electron chi connectivity index (χ4n) is 2.36. The first-order chi connectivity index (χ1) is 13.4. The number of amides is 1. The molecule has 0 saturated heterocycles. The van der Waals surface area contributed by atoms with E-state index >= 15 is 0 Å². The van der Waals surface area contributed by atoms with Gasteiger partial charge in [0.15, 0.2) is 12.3 Å². The molecule has 2 heterocycles. The van der Waals surface area contributed by atoms with Gasteiger partial charge in [-0.05, 0) is 43.3 Å². The minimum Gasteiger partial charge on any atom is -0.451 e. The van der Waals surface area contributed by atoms with E-state index in [2.05, 4.69) is 25.4 Å². The highest BCUT2D eigenvalue weighted by Gasteiger charge is 2.15. The van der Waals surface area contributed by atoms with E-state index in [1.165, 1.54) is 24.3 Å². The van der Waals surface area contributed by atoms with Gasteiger partial charge in [0.1, 0.15) is 23.1 Å². The summed E-state index contributed by atoms with van der Waals surface area (Å²) in [6, 6.07) is 8.86. The summed E-state index contributed by atoms with van der Waals surface area (Å²) in [4.78, 5) is 22.3. The summed E-state index contributed by atoms with van der Waals surface area (Å²) in [5.74, 6) is -0.899. The number of aryl methyl sites for hydroxylation is 1. The fourth-order valence-corrected chi connectivity index (χ4v) is 2.36. The number of ether oxygens (including phenoxy) is 1. The molecule has 0 atom stereocenters.